The lowest BCUT2D eigenvalue weighted by Crippen LogP contribution is -2.40. The fourth-order valence-electron chi connectivity index (χ4n) is 5.79. The van der Waals surface area contributed by atoms with Gasteiger partial charge in [0.1, 0.15) is 0 Å². The van der Waals surface area contributed by atoms with Crippen molar-refractivity contribution < 1.29 is 4.79 Å². The number of ketones is 1. The fraction of sp³-hybridized carbons (Fsp3) is 0.148. The van der Waals surface area contributed by atoms with Gasteiger partial charge in [-0.15, -0.1) is 0 Å². The highest BCUT2D eigenvalue weighted by atomic mass is 16.1. The molecule has 0 radical (unpaired) electrons. The van der Waals surface area contributed by atoms with Crippen molar-refractivity contribution in [3.8, 4) is 0 Å². The monoisotopic (exact) mass is 360 g/mol. The molecule has 0 spiro atoms. The second-order valence-corrected chi connectivity index (χ2v) is 8.04. The first-order valence-corrected chi connectivity index (χ1v) is 10.00. The van der Waals surface area contributed by atoms with Crippen molar-refractivity contribution >= 4 is 11.4 Å². The smallest absolute Gasteiger partial charge is 0.178 e. The minimum Gasteiger partial charge on any atom is -0.293 e. The molecule has 0 saturated heterocycles. The predicted octanol–water partition coefficient (Wildman–Crippen LogP) is 5.83. The van der Waals surface area contributed by atoms with Crippen molar-refractivity contribution in [3.05, 3.63) is 125 Å². The first-order chi connectivity index (χ1) is 13.8. The Labute approximate surface area is 165 Å². The summed E-state index contributed by atoms with van der Waals surface area (Å²) in [5.41, 5.74) is 6.49. The minimum absolute atomic E-state index is 0.238. The Bertz CT molecular complexity index is 1150. The Kier molecular flexibility index (Phi) is 3.20. The molecule has 3 aromatic carbocycles. The van der Waals surface area contributed by atoms with E-state index in [1.54, 1.807) is 0 Å². The lowest BCUT2D eigenvalue weighted by molar-refractivity contribution is 0.0892. The third-order valence-corrected chi connectivity index (χ3v) is 6.78. The van der Waals surface area contributed by atoms with Crippen molar-refractivity contribution in [2.24, 2.45) is 11.8 Å². The summed E-state index contributed by atoms with van der Waals surface area (Å²) < 4.78 is 0. The first kappa shape index (κ1) is 15.8. The van der Waals surface area contributed by atoms with Gasteiger partial charge in [0, 0.05) is 11.5 Å². The number of hydrogen-bond acceptors (Lipinski definition) is 1. The van der Waals surface area contributed by atoms with Gasteiger partial charge in [0.05, 0.1) is 5.41 Å². The van der Waals surface area contributed by atoms with Crippen LogP contribution < -0.4 is 0 Å². The molecular formula is C27H20O. The van der Waals surface area contributed by atoms with Crippen molar-refractivity contribution in [1.82, 2.24) is 0 Å². The van der Waals surface area contributed by atoms with Crippen LogP contribution >= 0.6 is 0 Å². The third kappa shape index (κ3) is 1.84. The van der Waals surface area contributed by atoms with E-state index in [2.05, 4.69) is 66.7 Å². The molecule has 6 rings (SSSR count). The highest BCUT2D eigenvalue weighted by Crippen LogP contribution is 2.65. The lowest BCUT2D eigenvalue weighted by atomic mass is 9.65. The summed E-state index contributed by atoms with van der Waals surface area (Å²) >= 11 is 0. The lowest BCUT2D eigenvalue weighted by Gasteiger charge is -2.34. The molecule has 1 heteroatoms. The Balaban J connectivity index is 1.70. The summed E-state index contributed by atoms with van der Waals surface area (Å²) in [7, 11) is 0. The summed E-state index contributed by atoms with van der Waals surface area (Å²) in [5.74, 6) is 0.834. The van der Waals surface area contributed by atoms with E-state index < -0.39 is 5.41 Å². The minimum atomic E-state index is -0.553. The van der Waals surface area contributed by atoms with E-state index in [4.69, 9.17) is 0 Å². The highest BCUT2D eigenvalue weighted by molar-refractivity contribution is 6.13. The van der Waals surface area contributed by atoms with Crippen LogP contribution in [0.3, 0.4) is 0 Å². The quantitative estimate of drug-likeness (QED) is 0.424. The van der Waals surface area contributed by atoms with Gasteiger partial charge >= 0.3 is 0 Å². The van der Waals surface area contributed by atoms with Crippen molar-refractivity contribution in [2.45, 2.75) is 11.8 Å². The highest BCUT2D eigenvalue weighted by Gasteiger charge is 2.62. The number of hydrogen-bond donors (Lipinski definition) is 0. The largest absolute Gasteiger partial charge is 0.293 e. The van der Waals surface area contributed by atoms with E-state index in [1.165, 1.54) is 27.8 Å². The molecule has 1 nitrogen and oxygen atoms in total. The van der Waals surface area contributed by atoms with Gasteiger partial charge in [0.15, 0.2) is 5.78 Å². The zero-order chi connectivity index (χ0) is 18.7. The van der Waals surface area contributed by atoms with Crippen LogP contribution in [0.15, 0.2) is 103 Å². The fourth-order valence-corrected chi connectivity index (χ4v) is 5.79. The Morgan fingerprint density at radius 1 is 0.786 bits per heavy atom. The molecule has 3 aromatic rings. The first-order valence-electron chi connectivity index (χ1n) is 10.00. The number of carbonyl (C=O) groups is 1. The number of allylic oxidation sites excluding steroid dienone is 3. The summed E-state index contributed by atoms with van der Waals surface area (Å²) in [6, 6.07) is 29.0. The molecule has 3 aliphatic rings. The van der Waals surface area contributed by atoms with Gasteiger partial charge < -0.3 is 0 Å². The Morgan fingerprint density at radius 3 is 2.25 bits per heavy atom. The van der Waals surface area contributed by atoms with Crippen molar-refractivity contribution in [2.75, 3.05) is 0 Å². The van der Waals surface area contributed by atoms with Gasteiger partial charge in [-0.05, 0) is 40.2 Å². The molecule has 3 aliphatic carbocycles. The van der Waals surface area contributed by atoms with Gasteiger partial charge in [-0.3, -0.25) is 4.79 Å². The van der Waals surface area contributed by atoms with Gasteiger partial charge in [0.2, 0.25) is 0 Å². The third-order valence-electron chi connectivity index (χ3n) is 6.78. The molecule has 3 unspecified atom stereocenters. The molecule has 0 amide bonds. The second-order valence-electron chi connectivity index (χ2n) is 8.04. The van der Waals surface area contributed by atoms with Gasteiger partial charge in [0.25, 0.3) is 0 Å². The average molecular weight is 360 g/mol. The van der Waals surface area contributed by atoms with Crippen LogP contribution in [0.4, 0.5) is 0 Å². The van der Waals surface area contributed by atoms with Crippen LogP contribution in [0.25, 0.3) is 5.57 Å². The molecule has 0 N–H and O–H groups in total. The van der Waals surface area contributed by atoms with Crippen LogP contribution in [0.5, 0.6) is 0 Å². The number of Topliss-reactive ketones (excluding diaryl/α,β-unsaturated/α-hetero) is 1. The molecule has 3 atom stereocenters. The molecule has 0 aliphatic heterocycles. The number of rotatable bonds is 3. The van der Waals surface area contributed by atoms with E-state index in [0.29, 0.717) is 5.92 Å². The second kappa shape index (κ2) is 5.65. The molecule has 0 heterocycles. The van der Waals surface area contributed by atoms with Crippen LogP contribution in [0, 0.1) is 11.8 Å². The van der Waals surface area contributed by atoms with Crippen molar-refractivity contribution in [1.29, 1.82) is 0 Å². The topological polar surface area (TPSA) is 17.1 Å². The SMILES string of the molecule is O=C(c1ccccc1)C12C(=C(c3ccccc3)c3ccccc31)C1C=CC2C1. The normalized spacial score (nSPS) is 26.4. The molecule has 1 fully saturated rings. The molecule has 2 bridgehead atoms. The van der Waals surface area contributed by atoms with Crippen LogP contribution in [-0.2, 0) is 5.41 Å². The van der Waals surface area contributed by atoms with Crippen LogP contribution in [-0.4, -0.2) is 5.78 Å². The van der Waals surface area contributed by atoms with Gasteiger partial charge in [-0.25, -0.2) is 0 Å². The maximum Gasteiger partial charge on any atom is 0.178 e. The molecular weight excluding hydrogens is 340 g/mol. The average Bonchev–Trinajstić information content (AvgIpc) is 3.44. The van der Waals surface area contributed by atoms with Crippen LogP contribution in [0.1, 0.15) is 33.5 Å². The molecule has 0 aromatic heterocycles. The van der Waals surface area contributed by atoms with E-state index in [9.17, 15) is 4.79 Å². The van der Waals surface area contributed by atoms with Crippen molar-refractivity contribution in [3.63, 3.8) is 0 Å². The summed E-state index contributed by atoms with van der Waals surface area (Å²) in [5, 5.41) is 0. The molecule has 28 heavy (non-hydrogen) atoms. The van der Waals surface area contributed by atoms with Gasteiger partial charge in [-0.2, -0.15) is 0 Å². The molecule has 1 saturated carbocycles. The Hall–Kier alpha value is -3.19. The zero-order valence-electron chi connectivity index (χ0n) is 15.5. The Morgan fingerprint density at radius 2 is 1.46 bits per heavy atom. The van der Waals surface area contributed by atoms with Crippen LogP contribution in [0.2, 0.25) is 0 Å². The summed E-state index contributed by atoms with van der Waals surface area (Å²) in [6.07, 6.45) is 5.66. The zero-order valence-corrected chi connectivity index (χ0v) is 15.5. The number of carbonyl (C=O) groups excluding carboxylic acids is 1. The predicted molar refractivity (Wildman–Crippen MR) is 112 cm³/mol. The maximum atomic E-state index is 14.1. The standard InChI is InChI=1S/C27H20O/c28-26(19-11-5-2-6-12-19)27-21-16-15-20(17-21)25(27)24(18-9-3-1-4-10-18)22-13-7-8-14-23(22)27/h1-16,20-21H,17H2. The van der Waals surface area contributed by atoms with E-state index in [1.807, 2.05) is 30.3 Å². The number of fused-ring (bicyclic) bond motifs is 7. The van der Waals surface area contributed by atoms with E-state index >= 15 is 0 Å². The van der Waals surface area contributed by atoms with Gasteiger partial charge in [-0.1, -0.05) is 97.1 Å². The molecule has 134 valence electrons. The van der Waals surface area contributed by atoms with E-state index in [-0.39, 0.29) is 11.7 Å². The summed E-state index contributed by atoms with van der Waals surface area (Å²) in [4.78, 5) is 14.1. The number of benzene rings is 3. The van der Waals surface area contributed by atoms with E-state index in [0.717, 1.165) is 12.0 Å². The maximum absolute atomic E-state index is 14.1. The summed E-state index contributed by atoms with van der Waals surface area (Å²) in [6.45, 7) is 0.